The molecule has 2 aromatic rings. The van der Waals surface area contributed by atoms with Gasteiger partial charge in [0.15, 0.2) is 0 Å². The van der Waals surface area contributed by atoms with Crippen LogP contribution in [-0.2, 0) is 4.79 Å². The van der Waals surface area contributed by atoms with E-state index in [-0.39, 0.29) is 5.91 Å². The fraction of sp³-hybridized carbons (Fsp3) is 0.188. The molecule has 0 aliphatic heterocycles. The topological polar surface area (TPSA) is 29.1 Å². The van der Waals surface area contributed by atoms with Crippen molar-refractivity contribution >= 4 is 50.9 Å². The number of rotatable bonds is 5. The Labute approximate surface area is 142 Å². The van der Waals surface area contributed by atoms with Crippen molar-refractivity contribution in [2.24, 2.45) is 0 Å². The van der Waals surface area contributed by atoms with Gasteiger partial charge in [0.05, 0.1) is 0 Å². The average molecular weight is 385 g/mol. The predicted octanol–water partition coefficient (Wildman–Crippen LogP) is 5.53. The molecule has 0 atom stereocenters. The number of benzene rings is 2. The highest BCUT2D eigenvalue weighted by atomic mass is 79.9. The van der Waals surface area contributed by atoms with Gasteiger partial charge in [-0.2, -0.15) is 0 Å². The Morgan fingerprint density at radius 2 is 1.95 bits per heavy atom. The smallest absolute Gasteiger partial charge is 0.225 e. The van der Waals surface area contributed by atoms with Gasteiger partial charge >= 0.3 is 0 Å². The van der Waals surface area contributed by atoms with E-state index in [0.717, 1.165) is 31.4 Å². The van der Waals surface area contributed by atoms with Gasteiger partial charge in [-0.05, 0) is 55.0 Å². The maximum Gasteiger partial charge on any atom is 0.225 e. The highest BCUT2D eigenvalue weighted by molar-refractivity contribution is 9.10. The molecular weight excluding hydrogens is 370 g/mol. The van der Waals surface area contributed by atoms with Gasteiger partial charge in [0, 0.05) is 32.3 Å². The molecule has 0 unspecified atom stereocenters. The number of thioether (sulfide) groups is 1. The molecule has 21 heavy (non-hydrogen) atoms. The molecule has 0 aromatic heterocycles. The Hall–Kier alpha value is -0.970. The SMILES string of the molecule is Cc1cc(NC(=O)CCSc2ccc(Cl)cc2)ccc1Br. The molecule has 2 aromatic carbocycles. The van der Waals surface area contributed by atoms with Gasteiger partial charge < -0.3 is 5.32 Å². The zero-order chi connectivity index (χ0) is 15.2. The molecular formula is C16H15BrClNOS. The largest absolute Gasteiger partial charge is 0.326 e. The third kappa shape index (κ3) is 5.38. The second-order valence-corrected chi connectivity index (χ2v) is 7.02. The van der Waals surface area contributed by atoms with Gasteiger partial charge in [-0.15, -0.1) is 11.8 Å². The molecule has 0 spiro atoms. The Balaban J connectivity index is 1.79. The van der Waals surface area contributed by atoms with Crippen molar-refractivity contribution in [3.05, 3.63) is 57.5 Å². The molecule has 0 bridgehead atoms. The number of halogens is 2. The van der Waals surface area contributed by atoms with Gasteiger partial charge in [-0.1, -0.05) is 27.5 Å². The van der Waals surface area contributed by atoms with E-state index in [1.165, 1.54) is 0 Å². The Kier molecular flexibility index (Phi) is 6.15. The Morgan fingerprint density at radius 1 is 1.24 bits per heavy atom. The van der Waals surface area contributed by atoms with Crippen molar-refractivity contribution in [2.45, 2.75) is 18.2 Å². The van der Waals surface area contributed by atoms with Gasteiger partial charge in [0.1, 0.15) is 0 Å². The summed E-state index contributed by atoms with van der Waals surface area (Å²) < 4.78 is 1.04. The van der Waals surface area contributed by atoms with Crippen LogP contribution in [0.3, 0.4) is 0 Å². The van der Waals surface area contributed by atoms with Crippen molar-refractivity contribution in [1.29, 1.82) is 0 Å². The fourth-order valence-corrected chi connectivity index (χ4v) is 2.96. The lowest BCUT2D eigenvalue weighted by atomic mass is 10.2. The van der Waals surface area contributed by atoms with E-state index in [0.29, 0.717) is 6.42 Å². The second kappa shape index (κ2) is 7.87. The van der Waals surface area contributed by atoms with Crippen molar-refractivity contribution in [3.8, 4) is 0 Å². The summed E-state index contributed by atoms with van der Waals surface area (Å²) in [6.07, 6.45) is 0.475. The Morgan fingerprint density at radius 3 is 2.62 bits per heavy atom. The first-order valence-electron chi connectivity index (χ1n) is 6.49. The zero-order valence-corrected chi connectivity index (χ0v) is 14.7. The molecule has 0 saturated carbocycles. The molecule has 1 amide bonds. The number of carbonyl (C=O) groups excluding carboxylic acids is 1. The standard InChI is InChI=1S/C16H15BrClNOS/c1-11-10-13(4-7-15(11)17)19-16(20)8-9-21-14-5-2-12(18)3-6-14/h2-7,10H,8-9H2,1H3,(H,19,20). The van der Waals surface area contributed by atoms with Crippen LogP contribution >= 0.6 is 39.3 Å². The highest BCUT2D eigenvalue weighted by Crippen LogP contribution is 2.22. The molecule has 2 rings (SSSR count). The molecule has 0 radical (unpaired) electrons. The van der Waals surface area contributed by atoms with E-state index in [1.807, 2.05) is 49.4 Å². The molecule has 5 heteroatoms. The number of aryl methyl sites for hydroxylation is 1. The predicted molar refractivity (Wildman–Crippen MR) is 94.3 cm³/mol. The lowest BCUT2D eigenvalue weighted by molar-refractivity contribution is -0.115. The third-order valence-corrected chi connectivity index (χ3v) is 5.01. The van der Waals surface area contributed by atoms with Crippen LogP contribution in [0.5, 0.6) is 0 Å². The number of hydrogen-bond acceptors (Lipinski definition) is 2. The van der Waals surface area contributed by atoms with E-state index < -0.39 is 0 Å². The van der Waals surface area contributed by atoms with Gasteiger partial charge in [-0.25, -0.2) is 0 Å². The molecule has 2 nitrogen and oxygen atoms in total. The quantitative estimate of drug-likeness (QED) is 0.686. The maximum absolute atomic E-state index is 11.9. The molecule has 0 aliphatic rings. The molecule has 0 saturated heterocycles. The minimum Gasteiger partial charge on any atom is -0.326 e. The van der Waals surface area contributed by atoms with Crippen molar-refractivity contribution < 1.29 is 4.79 Å². The number of anilines is 1. The summed E-state index contributed by atoms with van der Waals surface area (Å²) in [6.45, 7) is 2.00. The van der Waals surface area contributed by atoms with Crippen LogP contribution in [-0.4, -0.2) is 11.7 Å². The van der Waals surface area contributed by atoms with Gasteiger partial charge in [0.2, 0.25) is 5.91 Å². The summed E-state index contributed by atoms with van der Waals surface area (Å²) >= 11 is 10.9. The van der Waals surface area contributed by atoms with Crippen LogP contribution in [0, 0.1) is 6.92 Å². The number of amides is 1. The summed E-state index contributed by atoms with van der Waals surface area (Å²) in [7, 11) is 0. The van der Waals surface area contributed by atoms with E-state index in [4.69, 9.17) is 11.6 Å². The lowest BCUT2D eigenvalue weighted by Gasteiger charge is -2.07. The monoisotopic (exact) mass is 383 g/mol. The average Bonchev–Trinajstić information content (AvgIpc) is 2.45. The first kappa shape index (κ1) is 16.4. The van der Waals surface area contributed by atoms with Gasteiger partial charge in [-0.3, -0.25) is 4.79 Å². The van der Waals surface area contributed by atoms with Gasteiger partial charge in [0.25, 0.3) is 0 Å². The van der Waals surface area contributed by atoms with E-state index in [2.05, 4.69) is 21.2 Å². The fourth-order valence-electron chi connectivity index (χ4n) is 1.74. The van der Waals surface area contributed by atoms with Crippen molar-refractivity contribution in [3.63, 3.8) is 0 Å². The molecule has 0 aliphatic carbocycles. The summed E-state index contributed by atoms with van der Waals surface area (Å²) in [6, 6.07) is 13.4. The van der Waals surface area contributed by atoms with E-state index >= 15 is 0 Å². The van der Waals surface area contributed by atoms with Crippen molar-refractivity contribution in [2.75, 3.05) is 11.1 Å². The van der Waals surface area contributed by atoms with Crippen LogP contribution in [0.25, 0.3) is 0 Å². The summed E-state index contributed by atoms with van der Waals surface area (Å²) in [4.78, 5) is 13.0. The van der Waals surface area contributed by atoms with Crippen LogP contribution in [0.4, 0.5) is 5.69 Å². The molecule has 0 heterocycles. The van der Waals surface area contributed by atoms with E-state index in [1.54, 1.807) is 11.8 Å². The summed E-state index contributed by atoms with van der Waals surface area (Å²) in [5.41, 5.74) is 1.93. The third-order valence-electron chi connectivity index (χ3n) is 2.85. The van der Waals surface area contributed by atoms with Crippen LogP contribution in [0.2, 0.25) is 5.02 Å². The minimum atomic E-state index is 0.0261. The van der Waals surface area contributed by atoms with E-state index in [9.17, 15) is 4.79 Å². The van der Waals surface area contributed by atoms with Crippen molar-refractivity contribution in [1.82, 2.24) is 0 Å². The van der Waals surface area contributed by atoms with Crippen LogP contribution < -0.4 is 5.32 Å². The molecule has 1 N–H and O–H groups in total. The first-order chi connectivity index (χ1) is 10.0. The second-order valence-electron chi connectivity index (χ2n) is 4.56. The first-order valence-corrected chi connectivity index (χ1v) is 8.64. The zero-order valence-electron chi connectivity index (χ0n) is 11.5. The van der Waals surface area contributed by atoms with Crippen LogP contribution in [0.1, 0.15) is 12.0 Å². The minimum absolute atomic E-state index is 0.0261. The number of nitrogens with one attached hydrogen (secondary N) is 1. The molecule has 110 valence electrons. The normalized spacial score (nSPS) is 10.4. The summed E-state index contributed by atoms with van der Waals surface area (Å²) in [5, 5.41) is 3.64. The summed E-state index contributed by atoms with van der Waals surface area (Å²) in [5.74, 6) is 0.765. The molecule has 0 fully saturated rings. The highest BCUT2D eigenvalue weighted by Gasteiger charge is 2.04. The number of carbonyl (C=O) groups is 1. The Bertz CT molecular complexity index is 631. The maximum atomic E-state index is 11.9. The van der Waals surface area contributed by atoms with Crippen LogP contribution in [0.15, 0.2) is 51.8 Å². The lowest BCUT2D eigenvalue weighted by Crippen LogP contribution is -2.12. The number of hydrogen-bond donors (Lipinski definition) is 1.